The van der Waals surface area contributed by atoms with Crippen molar-refractivity contribution in [3.05, 3.63) is 41.7 Å². The molecule has 0 aliphatic carbocycles. The summed E-state index contributed by atoms with van der Waals surface area (Å²) in [6.45, 7) is 0.0720. The molecule has 0 spiro atoms. The van der Waals surface area contributed by atoms with Gasteiger partial charge in [0, 0.05) is 23.3 Å². The molecular formula is C17H19ClN4O2. The first-order valence-corrected chi connectivity index (χ1v) is 8.64. The van der Waals surface area contributed by atoms with E-state index in [0.29, 0.717) is 16.8 Å². The van der Waals surface area contributed by atoms with E-state index >= 15 is 0 Å². The molecule has 2 aliphatic heterocycles. The number of amides is 1. The number of fused-ring (bicyclic) bond motifs is 2. The van der Waals surface area contributed by atoms with Crippen LogP contribution in [0.3, 0.4) is 0 Å². The van der Waals surface area contributed by atoms with Gasteiger partial charge in [0.05, 0.1) is 12.2 Å². The first-order chi connectivity index (χ1) is 11.7. The Hall–Kier alpha value is -2.08. The van der Waals surface area contributed by atoms with Crippen LogP contribution in [0.1, 0.15) is 31.7 Å². The number of rotatable bonds is 4. The van der Waals surface area contributed by atoms with Crippen LogP contribution in [0.5, 0.6) is 5.75 Å². The van der Waals surface area contributed by atoms with Crippen molar-refractivity contribution in [3.8, 4) is 5.75 Å². The molecule has 7 heteroatoms. The molecule has 1 aromatic carbocycles. The molecule has 1 amide bonds. The Labute approximate surface area is 145 Å². The molecule has 4 rings (SSSR count). The van der Waals surface area contributed by atoms with Crippen LogP contribution in [-0.4, -0.2) is 44.5 Å². The molecule has 0 saturated carbocycles. The maximum atomic E-state index is 12.6. The standard InChI is InChI=1S/C17H19ClN4O2/c18-12-1-5-16(6-2-12)24-11-17(23)22-13-3-4-14(22)10-15(9-13)21-8-7-19-20-21/h1-2,5-8,13-15H,3-4,9-11H2. The molecule has 24 heavy (non-hydrogen) atoms. The highest BCUT2D eigenvalue weighted by molar-refractivity contribution is 6.30. The van der Waals surface area contributed by atoms with Crippen molar-refractivity contribution in [2.75, 3.05) is 6.61 Å². The monoisotopic (exact) mass is 346 g/mol. The van der Waals surface area contributed by atoms with Crippen LogP contribution in [0.25, 0.3) is 0 Å². The molecule has 2 unspecified atom stereocenters. The number of piperidine rings is 1. The van der Waals surface area contributed by atoms with Gasteiger partial charge in [-0.15, -0.1) is 5.10 Å². The van der Waals surface area contributed by atoms with Crippen molar-refractivity contribution in [1.82, 2.24) is 19.9 Å². The predicted molar refractivity (Wildman–Crippen MR) is 88.9 cm³/mol. The lowest BCUT2D eigenvalue weighted by molar-refractivity contribution is -0.138. The predicted octanol–water partition coefficient (Wildman–Crippen LogP) is 2.71. The van der Waals surface area contributed by atoms with E-state index in [1.54, 1.807) is 30.5 Å². The van der Waals surface area contributed by atoms with Gasteiger partial charge in [-0.1, -0.05) is 16.8 Å². The summed E-state index contributed by atoms with van der Waals surface area (Å²) in [6.07, 6.45) is 7.61. The van der Waals surface area contributed by atoms with Crippen molar-refractivity contribution in [1.29, 1.82) is 0 Å². The minimum absolute atomic E-state index is 0.0643. The van der Waals surface area contributed by atoms with Crippen molar-refractivity contribution in [3.63, 3.8) is 0 Å². The van der Waals surface area contributed by atoms with E-state index in [0.717, 1.165) is 25.7 Å². The quantitative estimate of drug-likeness (QED) is 0.854. The number of halogens is 1. The Morgan fingerprint density at radius 1 is 1.17 bits per heavy atom. The Kier molecular flexibility index (Phi) is 4.14. The zero-order chi connectivity index (χ0) is 16.5. The van der Waals surface area contributed by atoms with Gasteiger partial charge >= 0.3 is 0 Å². The third kappa shape index (κ3) is 2.98. The SMILES string of the molecule is O=C(COc1ccc(Cl)cc1)N1C2CCC1CC(n1ccnn1)C2. The molecule has 2 saturated heterocycles. The fourth-order valence-electron chi connectivity index (χ4n) is 3.93. The second-order valence-corrected chi connectivity index (χ2v) is 6.87. The Morgan fingerprint density at radius 3 is 2.50 bits per heavy atom. The lowest BCUT2D eigenvalue weighted by atomic mass is 9.97. The Bertz CT molecular complexity index is 690. The molecule has 2 aliphatic rings. The zero-order valence-corrected chi connectivity index (χ0v) is 14.0. The van der Waals surface area contributed by atoms with E-state index in [2.05, 4.69) is 10.3 Å². The average molecular weight is 347 g/mol. The number of benzene rings is 1. The van der Waals surface area contributed by atoms with Gasteiger partial charge in [-0.3, -0.25) is 4.79 Å². The fourth-order valence-corrected chi connectivity index (χ4v) is 4.06. The maximum Gasteiger partial charge on any atom is 0.261 e. The molecular weight excluding hydrogens is 328 g/mol. The topological polar surface area (TPSA) is 60.2 Å². The van der Waals surface area contributed by atoms with Crippen LogP contribution in [0.15, 0.2) is 36.7 Å². The van der Waals surface area contributed by atoms with Crippen molar-refractivity contribution in [2.45, 2.75) is 43.8 Å². The van der Waals surface area contributed by atoms with Crippen molar-refractivity contribution in [2.24, 2.45) is 0 Å². The van der Waals surface area contributed by atoms with Gasteiger partial charge in [-0.2, -0.15) is 0 Å². The first kappa shape index (κ1) is 15.4. The molecule has 2 fully saturated rings. The summed E-state index contributed by atoms with van der Waals surface area (Å²) in [6, 6.07) is 7.97. The number of hydrogen-bond acceptors (Lipinski definition) is 4. The molecule has 0 radical (unpaired) electrons. The van der Waals surface area contributed by atoms with Gasteiger partial charge in [-0.25, -0.2) is 4.68 Å². The highest BCUT2D eigenvalue weighted by Crippen LogP contribution is 2.40. The number of nitrogens with zero attached hydrogens (tertiary/aromatic N) is 4. The second-order valence-electron chi connectivity index (χ2n) is 6.44. The van der Waals surface area contributed by atoms with Crippen LogP contribution in [0, 0.1) is 0 Å². The molecule has 0 N–H and O–H groups in total. The average Bonchev–Trinajstić information content (AvgIpc) is 3.21. The maximum absolute atomic E-state index is 12.6. The molecule has 2 aromatic rings. The van der Waals surface area contributed by atoms with E-state index < -0.39 is 0 Å². The van der Waals surface area contributed by atoms with E-state index in [9.17, 15) is 4.79 Å². The third-order valence-electron chi connectivity index (χ3n) is 4.99. The van der Waals surface area contributed by atoms with E-state index in [4.69, 9.17) is 16.3 Å². The summed E-state index contributed by atoms with van der Waals surface area (Å²) >= 11 is 5.86. The Balaban J connectivity index is 1.38. The third-order valence-corrected chi connectivity index (χ3v) is 5.24. The van der Waals surface area contributed by atoms with Crippen LogP contribution in [0.4, 0.5) is 0 Å². The van der Waals surface area contributed by atoms with Crippen LogP contribution in [-0.2, 0) is 4.79 Å². The number of carbonyl (C=O) groups is 1. The Morgan fingerprint density at radius 2 is 1.88 bits per heavy atom. The van der Waals surface area contributed by atoms with Crippen molar-refractivity contribution >= 4 is 17.5 Å². The van der Waals surface area contributed by atoms with Gasteiger partial charge in [0.2, 0.25) is 0 Å². The van der Waals surface area contributed by atoms with E-state index in [-0.39, 0.29) is 24.6 Å². The van der Waals surface area contributed by atoms with Gasteiger partial charge in [-0.05, 0) is 49.9 Å². The number of aromatic nitrogens is 3. The molecule has 2 bridgehead atoms. The summed E-state index contributed by atoms with van der Waals surface area (Å²) in [5.41, 5.74) is 0. The van der Waals surface area contributed by atoms with Gasteiger partial charge in [0.15, 0.2) is 6.61 Å². The van der Waals surface area contributed by atoms with Crippen LogP contribution >= 0.6 is 11.6 Å². The minimum Gasteiger partial charge on any atom is -0.484 e. The highest BCUT2D eigenvalue weighted by atomic mass is 35.5. The summed E-state index contributed by atoms with van der Waals surface area (Å²) in [5, 5.41) is 8.67. The summed E-state index contributed by atoms with van der Waals surface area (Å²) in [4.78, 5) is 14.7. The van der Waals surface area contributed by atoms with Crippen LogP contribution < -0.4 is 4.74 Å². The van der Waals surface area contributed by atoms with E-state index in [1.807, 2.05) is 15.8 Å². The fraction of sp³-hybridized carbons (Fsp3) is 0.471. The highest BCUT2D eigenvalue weighted by Gasteiger charge is 2.43. The molecule has 126 valence electrons. The number of carbonyl (C=O) groups excluding carboxylic acids is 1. The molecule has 3 heterocycles. The lowest BCUT2D eigenvalue weighted by Gasteiger charge is -2.38. The van der Waals surface area contributed by atoms with Gasteiger partial charge in [0.25, 0.3) is 5.91 Å². The second kappa shape index (κ2) is 6.43. The molecule has 1 aromatic heterocycles. The van der Waals surface area contributed by atoms with Crippen LogP contribution in [0.2, 0.25) is 5.02 Å². The smallest absolute Gasteiger partial charge is 0.261 e. The first-order valence-electron chi connectivity index (χ1n) is 8.26. The molecule has 6 nitrogen and oxygen atoms in total. The number of hydrogen-bond donors (Lipinski definition) is 0. The lowest BCUT2D eigenvalue weighted by Crippen LogP contribution is -2.48. The summed E-state index contributed by atoms with van der Waals surface area (Å²) in [5.74, 6) is 0.729. The van der Waals surface area contributed by atoms with Gasteiger partial charge < -0.3 is 9.64 Å². The zero-order valence-electron chi connectivity index (χ0n) is 13.2. The summed E-state index contributed by atoms with van der Waals surface area (Å²) < 4.78 is 7.55. The van der Waals surface area contributed by atoms with E-state index in [1.165, 1.54) is 0 Å². The van der Waals surface area contributed by atoms with Crippen molar-refractivity contribution < 1.29 is 9.53 Å². The largest absolute Gasteiger partial charge is 0.484 e. The minimum atomic E-state index is 0.0643. The summed E-state index contributed by atoms with van der Waals surface area (Å²) in [7, 11) is 0. The number of ether oxygens (including phenoxy) is 1. The van der Waals surface area contributed by atoms with Gasteiger partial charge in [0.1, 0.15) is 5.75 Å². The molecule has 2 atom stereocenters. The normalized spacial score (nSPS) is 25.7.